The third-order valence-electron chi connectivity index (χ3n) is 4.74. The molecule has 1 saturated carbocycles. The number of nitrogens with zero attached hydrogens (tertiary/aromatic N) is 1. The molecule has 0 aromatic heterocycles. The third-order valence-corrected chi connectivity index (χ3v) is 4.74. The van der Waals surface area contributed by atoms with Gasteiger partial charge in [-0.25, -0.2) is 0 Å². The summed E-state index contributed by atoms with van der Waals surface area (Å²) >= 11 is 0. The van der Waals surface area contributed by atoms with E-state index in [4.69, 9.17) is 0 Å². The van der Waals surface area contributed by atoms with Crippen LogP contribution in [0.5, 0.6) is 0 Å². The van der Waals surface area contributed by atoms with E-state index in [1.54, 1.807) is 0 Å². The predicted molar refractivity (Wildman–Crippen MR) is 58.3 cm³/mol. The maximum absolute atomic E-state index is 12.2. The highest BCUT2D eigenvalue weighted by Gasteiger charge is 2.68. The maximum Gasteiger partial charge on any atom is 0.226 e. The second kappa shape index (κ2) is 2.97. The number of hydrogen-bond donors (Lipinski definition) is 1. The van der Waals surface area contributed by atoms with Crippen molar-refractivity contribution < 1.29 is 9.90 Å². The summed E-state index contributed by atoms with van der Waals surface area (Å²) < 4.78 is 0. The average Bonchev–Trinajstić information content (AvgIpc) is 2.49. The highest BCUT2D eigenvalue weighted by atomic mass is 16.3. The van der Waals surface area contributed by atoms with Gasteiger partial charge in [-0.2, -0.15) is 0 Å². The topological polar surface area (TPSA) is 40.5 Å². The first-order chi connectivity index (χ1) is 6.78. The minimum absolute atomic E-state index is 0.109. The van der Waals surface area contributed by atoms with Gasteiger partial charge in [0.2, 0.25) is 5.91 Å². The van der Waals surface area contributed by atoms with Crippen LogP contribution in [-0.2, 0) is 4.79 Å². The molecule has 0 aromatic carbocycles. The number of aliphatic hydroxyl groups excluding tert-OH is 1. The fourth-order valence-corrected chi connectivity index (χ4v) is 2.94. The van der Waals surface area contributed by atoms with Gasteiger partial charge in [0.15, 0.2) is 0 Å². The third kappa shape index (κ3) is 1.40. The smallest absolute Gasteiger partial charge is 0.226 e. The van der Waals surface area contributed by atoms with E-state index in [-0.39, 0.29) is 28.8 Å². The minimum Gasteiger partial charge on any atom is -0.391 e. The van der Waals surface area contributed by atoms with Crippen LogP contribution in [0, 0.1) is 16.7 Å². The van der Waals surface area contributed by atoms with Crippen molar-refractivity contribution in [3.8, 4) is 0 Å². The van der Waals surface area contributed by atoms with Crippen LogP contribution in [0.2, 0.25) is 0 Å². The number of aliphatic hydroxyl groups is 1. The van der Waals surface area contributed by atoms with Crippen molar-refractivity contribution in [2.75, 3.05) is 13.1 Å². The summed E-state index contributed by atoms with van der Waals surface area (Å²) in [4.78, 5) is 14.0. The van der Waals surface area contributed by atoms with Crippen molar-refractivity contribution in [1.29, 1.82) is 0 Å². The Hall–Kier alpha value is -0.570. The number of carbonyl (C=O) groups is 1. The van der Waals surface area contributed by atoms with Gasteiger partial charge in [-0.15, -0.1) is 0 Å². The molecule has 0 aromatic rings. The number of hydrogen-bond acceptors (Lipinski definition) is 2. The Kier molecular flexibility index (Phi) is 2.16. The van der Waals surface area contributed by atoms with E-state index < -0.39 is 0 Å². The largest absolute Gasteiger partial charge is 0.391 e. The highest BCUT2D eigenvalue weighted by molar-refractivity contribution is 5.84. The molecule has 2 rings (SSSR count). The summed E-state index contributed by atoms with van der Waals surface area (Å²) in [5.74, 6) is 0.372. The molecule has 1 heterocycles. The normalized spacial score (nSPS) is 33.1. The van der Waals surface area contributed by atoms with Crippen LogP contribution in [0.4, 0.5) is 0 Å². The van der Waals surface area contributed by atoms with Crippen molar-refractivity contribution in [3.05, 3.63) is 0 Å². The number of likely N-dealkylation sites (tertiary alicyclic amines) is 1. The monoisotopic (exact) mass is 211 g/mol. The summed E-state index contributed by atoms with van der Waals surface area (Å²) in [6, 6.07) is 0. The minimum atomic E-state index is -0.307. The Morgan fingerprint density at radius 1 is 1.27 bits per heavy atom. The van der Waals surface area contributed by atoms with E-state index in [0.29, 0.717) is 6.54 Å². The second-order valence-corrected chi connectivity index (χ2v) is 6.10. The first-order valence-electron chi connectivity index (χ1n) is 5.75. The van der Waals surface area contributed by atoms with Crippen LogP contribution in [0.15, 0.2) is 0 Å². The van der Waals surface area contributed by atoms with Gasteiger partial charge in [0.25, 0.3) is 0 Å². The van der Waals surface area contributed by atoms with E-state index >= 15 is 0 Å². The van der Waals surface area contributed by atoms with Gasteiger partial charge < -0.3 is 10.0 Å². The quantitative estimate of drug-likeness (QED) is 0.709. The van der Waals surface area contributed by atoms with Crippen LogP contribution in [0.1, 0.15) is 34.1 Å². The SMILES string of the molecule is CC1(C)C(C(=O)N2CC[C@H](O)C2)C1(C)C. The molecule has 2 aliphatic rings. The van der Waals surface area contributed by atoms with Gasteiger partial charge in [0.1, 0.15) is 0 Å². The average molecular weight is 211 g/mol. The predicted octanol–water partition coefficient (Wildman–Crippen LogP) is 1.26. The zero-order valence-corrected chi connectivity index (χ0v) is 10.1. The van der Waals surface area contributed by atoms with Crippen LogP contribution < -0.4 is 0 Å². The molecule has 3 heteroatoms. The fraction of sp³-hybridized carbons (Fsp3) is 0.917. The molecular weight excluding hydrogens is 190 g/mol. The summed E-state index contributed by atoms with van der Waals surface area (Å²) in [7, 11) is 0. The van der Waals surface area contributed by atoms with Crippen molar-refractivity contribution in [1.82, 2.24) is 4.90 Å². The fourth-order valence-electron chi connectivity index (χ4n) is 2.94. The zero-order valence-electron chi connectivity index (χ0n) is 10.1. The molecule has 15 heavy (non-hydrogen) atoms. The van der Waals surface area contributed by atoms with Gasteiger partial charge in [-0.1, -0.05) is 27.7 Å². The molecule has 86 valence electrons. The van der Waals surface area contributed by atoms with Gasteiger partial charge in [0, 0.05) is 19.0 Å². The molecule has 2 fully saturated rings. The van der Waals surface area contributed by atoms with Crippen LogP contribution in [0.3, 0.4) is 0 Å². The lowest BCUT2D eigenvalue weighted by Crippen LogP contribution is -2.32. The van der Waals surface area contributed by atoms with Gasteiger partial charge in [0.05, 0.1) is 6.10 Å². The first-order valence-corrected chi connectivity index (χ1v) is 5.75. The molecule has 0 bridgehead atoms. The Labute approximate surface area is 91.5 Å². The molecule has 3 nitrogen and oxygen atoms in total. The van der Waals surface area contributed by atoms with E-state index in [0.717, 1.165) is 13.0 Å². The number of carbonyl (C=O) groups excluding carboxylic acids is 1. The van der Waals surface area contributed by atoms with Crippen molar-refractivity contribution in [2.45, 2.75) is 40.2 Å². The lowest BCUT2D eigenvalue weighted by Gasteiger charge is -2.16. The zero-order chi connectivity index (χ0) is 11.4. The van der Waals surface area contributed by atoms with Crippen molar-refractivity contribution in [2.24, 2.45) is 16.7 Å². The number of amides is 1. The highest BCUT2D eigenvalue weighted by Crippen LogP contribution is 2.68. The van der Waals surface area contributed by atoms with E-state index in [9.17, 15) is 9.90 Å². The molecule has 1 aliphatic heterocycles. The number of rotatable bonds is 1. The summed E-state index contributed by atoms with van der Waals surface area (Å²) in [5, 5.41) is 9.42. The van der Waals surface area contributed by atoms with Crippen LogP contribution >= 0.6 is 0 Å². The Bertz CT molecular complexity index is 282. The molecule has 1 aliphatic carbocycles. The lowest BCUT2D eigenvalue weighted by atomic mass is 10.0. The summed E-state index contributed by atoms with van der Waals surface area (Å²) in [6.07, 6.45) is 0.429. The van der Waals surface area contributed by atoms with E-state index in [2.05, 4.69) is 27.7 Å². The first kappa shape index (κ1) is 10.9. The molecule has 1 N–H and O–H groups in total. The van der Waals surface area contributed by atoms with E-state index in [1.807, 2.05) is 4.90 Å². The molecule has 1 amide bonds. The Balaban J connectivity index is 2.05. The maximum atomic E-state index is 12.2. The Morgan fingerprint density at radius 2 is 1.80 bits per heavy atom. The second-order valence-electron chi connectivity index (χ2n) is 6.10. The molecule has 1 atom stereocenters. The summed E-state index contributed by atoms with van der Waals surface area (Å²) in [5.41, 5.74) is 0.218. The number of β-amino-alcohol motifs (C(OH)–C–C–N with tert-alkyl or cyclic N) is 1. The standard InChI is InChI=1S/C12H21NO2/c1-11(2)9(12(11,3)4)10(15)13-6-5-8(14)7-13/h8-9,14H,5-7H2,1-4H3/t8-/m0/s1. The van der Waals surface area contributed by atoms with Crippen molar-refractivity contribution >= 4 is 5.91 Å². The van der Waals surface area contributed by atoms with Crippen molar-refractivity contribution in [3.63, 3.8) is 0 Å². The Morgan fingerprint density at radius 3 is 2.13 bits per heavy atom. The molecule has 0 radical (unpaired) electrons. The lowest BCUT2D eigenvalue weighted by molar-refractivity contribution is -0.133. The molecule has 0 spiro atoms. The van der Waals surface area contributed by atoms with E-state index in [1.165, 1.54) is 0 Å². The molecule has 0 unspecified atom stereocenters. The molecular formula is C12H21NO2. The molecule has 1 saturated heterocycles. The van der Waals surface area contributed by atoms with Crippen LogP contribution in [0.25, 0.3) is 0 Å². The van der Waals surface area contributed by atoms with Gasteiger partial charge in [-0.05, 0) is 17.3 Å². The van der Waals surface area contributed by atoms with Crippen LogP contribution in [-0.4, -0.2) is 35.1 Å². The van der Waals surface area contributed by atoms with Gasteiger partial charge in [-0.3, -0.25) is 4.79 Å². The summed E-state index contributed by atoms with van der Waals surface area (Å²) in [6.45, 7) is 9.87. The van der Waals surface area contributed by atoms with Gasteiger partial charge >= 0.3 is 0 Å².